The molecule has 1 aromatic rings. The Balaban J connectivity index is 2.10. The molecule has 0 amide bonds. The van der Waals surface area contributed by atoms with Gasteiger partial charge in [0.05, 0.1) is 17.2 Å². The SMILES string of the molecule is CO[C@@H]1CCC[C@@H]1OC(=O)c1ccccc1C#N. The van der Waals surface area contributed by atoms with Crippen molar-refractivity contribution in [3.05, 3.63) is 35.4 Å². The van der Waals surface area contributed by atoms with Crippen molar-refractivity contribution in [1.29, 1.82) is 5.26 Å². The first-order valence-corrected chi connectivity index (χ1v) is 5.99. The Morgan fingerprint density at radius 1 is 1.33 bits per heavy atom. The molecular weight excluding hydrogens is 230 g/mol. The summed E-state index contributed by atoms with van der Waals surface area (Å²) in [5, 5.41) is 8.94. The van der Waals surface area contributed by atoms with Crippen LogP contribution in [0.3, 0.4) is 0 Å². The van der Waals surface area contributed by atoms with Crippen LogP contribution in [0.25, 0.3) is 0 Å². The number of nitrogens with zero attached hydrogens (tertiary/aromatic N) is 1. The van der Waals surface area contributed by atoms with Gasteiger partial charge in [0.25, 0.3) is 0 Å². The second kappa shape index (κ2) is 5.65. The highest BCUT2D eigenvalue weighted by molar-refractivity contribution is 5.92. The number of carbonyl (C=O) groups excluding carboxylic acids is 1. The number of methoxy groups -OCH3 is 1. The van der Waals surface area contributed by atoms with Gasteiger partial charge in [-0.05, 0) is 31.4 Å². The van der Waals surface area contributed by atoms with Gasteiger partial charge >= 0.3 is 5.97 Å². The summed E-state index contributed by atoms with van der Waals surface area (Å²) in [5.41, 5.74) is 0.663. The highest BCUT2D eigenvalue weighted by Gasteiger charge is 2.31. The molecule has 0 aliphatic heterocycles. The number of benzene rings is 1. The summed E-state index contributed by atoms with van der Waals surface area (Å²) in [4.78, 5) is 12.0. The number of rotatable bonds is 3. The van der Waals surface area contributed by atoms with Crippen LogP contribution in [0, 0.1) is 11.3 Å². The number of carbonyl (C=O) groups is 1. The summed E-state index contributed by atoms with van der Waals surface area (Å²) >= 11 is 0. The van der Waals surface area contributed by atoms with Crippen molar-refractivity contribution in [2.24, 2.45) is 0 Å². The lowest BCUT2D eigenvalue weighted by atomic mass is 10.1. The predicted molar refractivity (Wildman–Crippen MR) is 65.0 cm³/mol. The van der Waals surface area contributed by atoms with Crippen LogP contribution in [0.5, 0.6) is 0 Å². The zero-order valence-electron chi connectivity index (χ0n) is 10.3. The highest BCUT2D eigenvalue weighted by Crippen LogP contribution is 2.25. The molecule has 1 saturated carbocycles. The number of hydrogen-bond donors (Lipinski definition) is 0. The lowest BCUT2D eigenvalue weighted by molar-refractivity contribution is -0.0207. The van der Waals surface area contributed by atoms with Crippen molar-refractivity contribution in [3.63, 3.8) is 0 Å². The lowest BCUT2D eigenvalue weighted by Crippen LogP contribution is -2.28. The molecule has 4 nitrogen and oxygen atoms in total. The van der Waals surface area contributed by atoms with E-state index in [1.807, 2.05) is 6.07 Å². The van der Waals surface area contributed by atoms with Crippen LogP contribution in [0.1, 0.15) is 35.2 Å². The molecule has 0 unspecified atom stereocenters. The molecule has 0 saturated heterocycles. The standard InChI is InChI=1S/C14H15NO3/c1-17-12-7-4-8-13(12)18-14(16)11-6-3-2-5-10(11)9-15/h2-3,5-6,12-13H,4,7-8H2,1H3/t12-,13+/m1/s1. The summed E-state index contributed by atoms with van der Waals surface area (Å²) in [7, 11) is 1.63. The molecule has 1 aliphatic carbocycles. The van der Waals surface area contributed by atoms with Crippen molar-refractivity contribution >= 4 is 5.97 Å². The third-order valence-corrected chi connectivity index (χ3v) is 3.22. The van der Waals surface area contributed by atoms with Crippen LogP contribution in [-0.2, 0) is 9.47 Å². The van der Waals surface area contributed by atoms with E-state index >= 15 is 0 Å². The van der Waals surface area contributed by atoms with Gasteiger partial charge in [-0.2, -0.15) is 5.26 Å². The van der Waals surface area contributed by atoms with Crippen LogP contribution in [-0.4, -0.2) is 25.3 Å². The molecule has 0 spiro atoms. The molecule has 4 heteroatoms. The van der Waals surface area contributed by atoms with Crippen LogP contribution in [0.4, 0.5) is 0 Å². The average molecular weight is 245 g/mol. The Kier molecular flexibility index (Phi) is 3.96. The van der Waals surface area contributed by atoms with Gasteiger partial charge in [0.1, 0.15) is 12.2 Å². The van der Waals surface area contributed by atoms with E-state index in [4.69, 9.17) is 14.7 Å². The number of hydrogen-bond acceptors (Lipinski definition) is 4. The molecule has 0 heterocycles. The zero-order valence-corrected chi connectivity index (χ0v) is 10.3. The molecule has 2 rings (SSSR count). The van der Waals surface area contributed by atoms with E-state index in [2.05, 4.69) is 0 Å². The van der Waals surface area contributed by atoms with E-state index in [1.54, 1.807) is 31.4 Å². The lowest BCUT2D eigenvalue weighted by Gasteiger charge is -2.18. The van der Waals surface area contributed by atoms with Crippen molar-refractivity contribution in [2.45, 2.75) is 31.5 Å². The van der Waals surface area contributed by atoms with Gasteiger partial charge in [-0.3, -0.25) is 0 Å². The minimum absolute atomic E-state index is 0.0248. The fourth-order valence-corrected chi connectivity index (χ4v) is 2.26. The van der Waals surface area contributed by atoms with Gasteiger partial charge in [-0.1, -0.05) is 12.1 Å². The van der Waals surface area contributed by atoms with Crippen LogP contribution >= 0.6 is 0 Å². The second-order valence-electron chi connectivity index (χ2n) is 4.31. The molecule has 0 N–H and O–H groups in total. The summed E-state index contributed by atoms with van der Waals surface area (Å²) in [6.07, 6.45) is 2.50. The average Bonchev–Trinajstić information content (AvgIpc) is 2.85. The fraction of sp³-hybridized carbons (Fsp3) is 0.429. The molecule has 1 aliphatic rings. The maximum atomic E-state index is 12.0. The van der Waals surface area contributed by atoms with E-state index in [9.17, 15) is 4.79 Å². The molecule has 94 valence electrons. The zero-order chi connectivity index (χ0) is 13.0. The van der Waals surface area contributed by atoms with Crippen LogP contribution < -0.4 is 0 Å². The van der Waals surface area contributed by atoms with Gasteiger partial charge in [0, 0.05) is 7.11 Å². The smallest absolute Gasteiger partial charge is 0.339 e. The van der Waals surface area contributed by atoms with Gasteiger partial charge in [0.2, 0.25) is 0 Å². The minimum atomic E-state index is -0.443. The number of nitriles is 1. The first-order valence-electron chi connectivity index (χ1n) is 5.99. The third kappa shape index (κ3) is 2.52. The monoisotopic (exact) mass is 245 g/mol. The normalized spacial score (nSPS) is 22.4. The van der Waals surface area contributed by atoms with Crippen LogP contribution in [0.15, 0.2) is 24.3 Å². The molecule has 0 aromatic heterocycles. The largest absolute Gasteiger partial charge is 0.456 e. The molecule has 1 fully saturated rings. The second-order valence-corrected chi connectivity index (χ2v) is 4.31. The Bertz CT molecular complexity index is 478. The fourth-order valence-electron chi connectivity index (χ4n) is 2.26. The molecule has 18 heavy (non-hydrogen) atoms. The van der Waals surface area contributed by atoms with Gasteiger partial charge in [0.15, 0.2) is 0 Å². The van der Waals surface area contributed by atoms with E-state index in [-0.39, 0.29) is 12.2 Å². The Hall–Kier alpha value is -1.86. The molecule has 2 atom stereocenters. The van der Waals surface area contributed by atoms with Gasteiger partial charge in [-0.25, -0.2) is 4.79 Å². The van der Waals surface area contributed by atoms with Crippen molar-refractivity contribution in [2.75, 3.05) is 7.11 Å². The summed E-state index contributed by atoms with van der Waals surface area (Å²) < 4.78 is 10.7. The quantitative estimate of drug-likeness (QED) is 0.766. The van der Waals surface area contributed by atoms with Crippen molar-refractivity contribution < 1.29 is 14.3 Å². The van der Waals surface area contributed by atoms with E-state index in [1.165, 1.54) is 0 Å². The van der Waals surface area contributed by atoms with E-state index in [0.717, 1.165) is 19.3 Å². The Labute approximate surface area is 106 Å². The van der Waals surface area contributed by atoms with E-state index < -0.39 is 5.97 Å². The highest BCUT2D eigenvalue weighted by atomic mass is 16.6. The van der Waals surface area contributed by atoms with Crippen molar-refractivity contribution in [1.82, 2.24) is 0 Å². The van der Waals surface area contributed by atoms with Crippen LogP contribution in [0.2, 0.25) is 0 Å². The van der Waals surface area contributed by atoms with Gasteiger partial charge < -0.3 is 9.47 Å². The van der Waals surface area contributed by atoms with E-state index in [0.29, 0.717) is 11.1 Å². The van der Waals surface area contributed by atoms with Crippen molar-refractivity contribution in [3.8, 4) is 6.07 Å². The molecular formula is C14H15NO3. The third-order valence-electron chi connectivity index (χ3n) is 3.22. The van der Waals surface area contributed by atoms with Gasteiger partial charge in [-0.15, -0.1) is 0 Å². The summed E-state index contributed by atoms with van der Waals surface area (Å²) in [6, 6.07) is 8.66. The first-order chi connectivity index (χ1) is 8.76. The molecule has 0 bridgehead atoms. The first kappa shape index (κ1) is 12.6. The minimum Gasteiger partial charge on any atom is -0.456 e. The topological polar surface area (TPSA) is 59.3 Å². The number of esters is 1. The maximum absolute atomic E-state index is 12.0. The number of ether oxygens (including phenoxy) is 2. The summed E-state index contributed by atoms with van der Waals surface area (Å²) in [6.45, 7) is 0. The predicted octanol–water partition coefficient (Wildman–Crippen LogP) is 2.28. The Morgan fingerprint density at radius 2 is 2.06 bits per heavy atom. The molecule has 0 radical (unpaired) electrons. The maximum Gasteiger partial charge on any atom is 0.339 e. The summed E-state index contributed by atoms with van der Waals surface area (Å²) in [5.74, 6) is -0.443. The Morgan fingerprint density at radius 3 is 2.78 bits per heavy atom. The molecule has 1 aromatic carbocycles.